The lowest BCUT2D eigenvalue weighted by atomic mass is 10.2. The van der Waals surface area contributed by atoms with E-state index >= 15 is 0 Å². The van der Waals surface area contributed by atoms with Crippen molar-refractivity contribution in [1.82, 2.24) is 9.88 Å². The Morgan fingerprint density at radius 1 is 1.29 bits per heavy atom. The lowest BCUT2D eigenvalue weighted by molar-refractivity contribution is 0.101. The first-order valence-electron chi connectivity index (χ1n) is 6.93. The van der Waals surface area contributed by atoms with Gasteiger partial charge in [-0.3, -0.25) is 4.79 Å². The first kappa shape index (κ1) is 15.8. The van der Waals surface area contributed by atoms with Gasteiger partial charge in [0.1, 0.15) is 5.69 Å². The third-order valence-electron chi connectivity index (χ3n) is 3.20. The maximum atomic E-state index is 12.4. The summed E-state index contributed by atoms with van der Waals surface area (Å²) < 4.78 is 2.86. The molecule has 112 valence electrons. The Bertz CT molecular complexity index is 617. The molecule has 2 aromatic rings. The quantitative estimate of drug-likeness (QED) is 0.862. The Balaban J connectivity index is 2.14. The zero-order chi connectivity index (χ0) is 15.4. The summed E-state index contributed by atoms with van der Waals surface area (Å²) in [6.07, 6.45) is 1.93. The number of benzene rings is 1. The average Bonchev–Trinajstić information content (AvgIpc) is 2.84. The highest BCUT2D eigenvalue weighted by atomic mass is 79.9. The molecule has 0 aliphatic carbocycles. The van der Waals surface area contributed by atoms with E-state index < -0.39 is 0 Å². The number of hydrogen-bond donors (Lipinski definition) is 2. The molecule has 0 aliphatic rings. The van der Waals surface area contributed by atoms with Gasteiger partial charge in [0, 0.05) is 28.9 Å². The average molecular weight is 350 g/mol. The minimum absolute atomic E-state index is 0.101. The molecule has 2 rings (SSSR count). The van der Waals surface area contributed by atoms with Crippen LogP contribution < -0.4 is 10.6 Å². The minimum Gasteiger partial charge on any atom is -0.340 e. The molecule has 2 N–H and O–H groups in total. The molecule has 21 heavy (non-hydrogen) atoms. The second-order valence-corrected chi connectivity index (χ2v) is 6.14. The van der Waals surface area contributed by atoms with Crippen LogP contribution >= 0.6 is 15.9 Å². The van der Waals surface area contributed by atoms with Gasteiger partial charge in [0.15, 0.2) is 0 Å². The van der Waals surface area contributed by atoms with Gasteiger partial charge >= 0.3 is 0 Å². The molecule has 0 bridgehead atoms. The van der Waals surface area contributed by atoms with Crippen LogP contribution in [0.5, 0.6) is 0 Å². The second-order valence-electron chi connectivity index (χ2n) is 5.23. The van der Waals surface area contributed by atoms with Crippen molar-refractivity contribution in [3.63, 3.8) is 0 Å². The van der Waals surface area contributed by atoms with Crippen LogP contribution in [0.25, 0.3) is 0 Å². The fraction of sp³-hybridized carbons (Fsp3) is 0.312. The van der Waals surface area contributed by atoms with Crippen molar-refractivity contribution < 1.29 is 4.79 Å². The molecule has 0 radical (unpaired) electrons. The monoisotopic (exact) mass is 349 g/mol. The molecule has 1 aromatic carbocycles. The Kier molecular flexibility index (Phi) is 5.20. The number of aromatic nitrogens is 1. The lowest BCUT2D eigenvalue weighted by Gasteiger charge is -2.13. The Morgan fingerprint density at radius 3 is 2.52 bits per heavy atom. The van der Waals surface area contributed by atoms with Crippen LogP contribution in [0.4, 0.5) is 5.69 Å². The number of nitrogens with zero attached hydrogens (tertiary/aromatic N) is 1. The molecule has 1 amide bonds. The minimum atomic E-state index is -0.101. The van der Waals surface area contributed by atoms with Crippen molar-refractivity contribution in [2.75, 3.05) is 12.4 Å². The van der Waals surface area contributed by atoms with Crippen molar-refractivity contribution in [3.05, 3.63) is 52.3 Å². The van der Waals surface area contributed by atoms with Gasteiger partial charge in [-0.25, -0.2) is 0 Å². The second kappa shape index (κ2) is 6.91. The first-order valence-corrected chi connectivity index (χ1v) is 7.73. The van der Waals surface area contributed by atoms with E-state index in [9.17, 15) is 4.79 Å². The highest BCUT2D eigenvalue weighted by molar-refractivity contribution is 9.10. The Morgan fingerprint density at radius 2 is 1.95 bits per heavy atom. The van der Waals surface area contributed by atoms with Gasteiger partial charge in [-0.05, 0) is 60.6 Å². The van der Waals surface area contributed by atoms with E-state index in [2.05, 4.69) is 40.4 Å². The van der Waals surface area contributed by atoms with E-state index in [-0.39, 0.29) is 11.9 Å². The molecule has 0 aliphatic heterocycles. The summed E-state index contributed by atoms with van der Waals surface area (Å²) in [4.78, 5) is 12.4. The van der Waals surface area contributed by atoms with E-state index in [0.29, 0.717) is 5.69 Å². The van der Waals surface area contributed by atoms with Crippen LogP contribution in [0.15, 0.2) is 41.0 Å². The van der Waals surface area contributed by atoms with Crippen molar-refractivity contribution in [1.29, 1.82) is 0 Å². The third kappa shape index (κ3) is 3.95. The molecular formula is C16H20BrN3O. The topological polar surface area (TPSA) is 46.1 Å². The molecule has 0 saturated carbocycles. The number of anilines is 1. The van der Waals surface area contributed by atoms with Crippen LogP contribution in [0.2, 0.25) is 0 Å². The Labute approximate surface area is 133 Å². The van der Waals surface area contributed by atoms with Crippen LogP contribution in [-0.4, -0.2) is 17.5 Å². The zero-order valence-corrected chi connectivity index (χ0v) is 14.1. The van der Waals surface area contributed by atoms with Crippen molar-refractivity contribution in [2.24, 2.45) is 0 Å². The van der Waals surface area contributed by atoms with Gasteiger partial charge in [-0.1, -0.05) is 12.1 Å². The maximum Gasteiger partial charge on any atom is 0.272 e. The molecule has 0 saturated heterocycles. The lowest BCUT2D eigenvalue weighted by Crippen LogP contribution is -2.17. The van der Waals surface area contributed by atoms with Gasteiger partial charge in [-0.15, -0.1) is 0 Å². The third-order valence-corrected chi connectivity index (χ3v) is 3.63. The summed E-state index contributed by atoms with van der Waals surface area (Å²) >= 11 is 3.42. The van der Waals surface area contributed by atoms with Crippen LogP contribution in [0.1, 0.15) is 35.9 Å². The molecule has 0 spiro atoms. The predicted octanol–water partition coefficient (Wildman–Crippen LogP) is 3.80. The highest BCUT2D eigenvalue weighted by Crippen LogP contribution is 2.20. The molecule has 1 heterocycles. The highest BCUT2D eigenvalue weighted by Gasteiger charge is 2.15. The molecule has 1 aromatic heterocycles. The molecule has 4 nitrogen and oxygen atoms in total. The number of carbonyl (C=O) groups excluding carboxylic acids is 1. The summed E-state index contributed by atoms with van der Waals surface area (Å²) in [7, 11) is 1.91. The van der Waals surface area contributed by atoms with Crippen molar-refractivity contribution >= 4 is 27.5 Å². The number of halogens is 1. The van der Waals surface area contributed by atoms with Gasteiger partial charge in [0.2, 0.25) is 0 Å². The van der Waals surface area contributed by atoms with E-state index in [0.717, 1.165) is 16.7 Å². The number of rotatable bonds is 5. The summed E-state index contributed by atoms with van der Waals surface area (Å²) in [5.41, 5.74) is 2.63. The molecule has 0 atom stereocenters. The summed E-state index contributed by atoms with van der Waals surface area (Å²) in [5, 5.41) is 6.03. The van der Waals surface area contributed by atoms with E-state index in [1.54, 1.807) is 0 Å². The standard InChI is InChI=1S/C16H20BrN3O/c1-11(2)20-10-13(17)8-15(20)16(21)19-14-6-4-12(5-7-14)9-18-3/h4-8,10-11,18H,9H2,1-3H3,(H,19,21). The van der Waals surface area contributed by atoms with Crippen molar-refractivity contribution in [3.8, 4) is 0 Å². The van der Waals surface area contributed by atoms with Crippen LogP contribution in [0, 0.1) is 0 Å². The molecule has 5 heteroatoms. The van der Waals surface area contributed by atoms with E-state index in [4.69, 9.17) is 0 Å². The fourth-order valence-corrected chi connectivity index (χ4v) is 2.60. The predicted molar refractivity (Wildman–Crippen MR) is 89.7 cm³/mol. The summed E-state index contributed by atoms with van der Waals surface area (Å²) in [6, 6.07) is 9.91. The number of amides is 1. The van der Waals surface area contributed by atoms with Crippen LogP contribution in [0.3, 0.4) is 0 Å². The van der Waals surface area contributed by atoms with Crippen LogP contribution in [-0.2, 0) is 6.54 Å². The number of carbonyl (C=O) groups is 1. The smallest absolute Gasteiger partial charge is 0.272 e. The zero-order valence-electron chi connectivity index (χ0n) is 12.5. The summed E-state index contributed by atoms with van der Waals surface area (Å²) in [5.74, 6) is -0.101. The molecule has 0 unspecified atom stereocenters. The maximum absolute atomic E-state index is 12.4. The van der Waals surface area contributed by atoms with Gasteiger partial charge < -0.3 is 15.2 Å². The summed E-state index contributed by atoms with van der Waals surface area (Å²) in [6.45, 7) is 4.92. The molecular weight excluding hydrogens is 330 g/mol. The van der Waals surface area contributed by atoms with Crippen molar-refractivity contribution in [2.45, 2.75) is 26.4 Å². The SMILES string of the molecule is CNCc1ccc(NC(=O)c2cc(Br)cn2C(C)C)cc1. The largest absolute Gasteiger partial charge is 0.340 e. The van der Waals surface area contributed by atoms with Gasteiger partial charge in [0.25, 0.3) is 5.91 Å². The first-order chi connectivity index (χ1) is 10.0. The number of hydrogen-bond acceptors (Lipinski definition) is 2. The molecule has 0 fully saturated rings. The van der Waals surface area contributed by atoms with E-state index in [1.165, 1.54) is 5.56 Å². The normalized spacial score (nSPS) is 10.9. The Hall–Kier alpha value is -1.59. The fourth-order valence-electron chi connectivity index (χ4n) is 2.16. The van der Waals surface area contributed by atoms with Gasteiger partial charge in [-0.2, -0.15) is 0 Å². The van der Waals surface area contributed by atoms with E-state index in [1.807, 2.05) is 48.1 Å². The van der Waals surface area contributed by atoms with Gasteiger partial charge in [0.05, 0.1) is 0 Å². The number of nitrogens with one attached hydrogen (secondary N) is 2.